The number of hydrogen-bond donors (Lipinski definition) is 2. The van der Waals surface area contributed by atoms with Gasteiger partial charge in [0.15, 0.2) is 0 Å². The SMILES string of the molecule is O=C(O)/C=C/c1ccc(C(=O)NC2CCS(=O)CC2)cc1. The third-order valence-corrected chi connectivity index (χ3v) is 4.70. The molecule has 0 spiro atoms. The van der Waals surface area contributed by atoms with Crippen molar-refractivity contribution in [2.45, 2.75) is 18.9 Å². The molecule has 1 heterocycles. The summed E-state index contributed by atoms with van der Waals surface area (Å²) in [6.45, 7) is 0. The van der Waals surface area contributed by atoms with Gasteiger partial charge >= 0.3 is 5.97 Å². The van der Waals surface area contributed by atoms with E-state index in [1.54, 1.807) is 24.3 Å². The molecule has 21 heavy (non-hydrogen) atoms. The van der Waals surface area contributed by atoms with Crippen LogP contribution < -0.4 is 5.32 Å². The summed E-state index contributed by atoms with van der Waals surface area (Å²) in [5.74, 6) is 0.126. The number of carboxylic acids is 1. The fourth-order valence-electron chi connectivity index (χ4n) is 2.12. The summed E-state index contributed by atoms with van der Waals surface area (Å²) >= 11 is 0. The monoisotopic (exact) mass is 307 g/mol. The van der Waals surface area contributed by atoms with Crippen LogP contribution >= 0.6 is 0 Å². The van der Waals surface area contributed by atoms with Crippen LogP contribution in [-0.4, -0.2) is 38.7 Å². The van der Waals surface area contributed by atoms with E-state index in [2.05, 4.69) is 5.32 Å². The molecule has 0 atom stereocenters. The summed E-state index contributed by atoms with van der Waals surface area (Å²) in [5.41, 5.74) is 1.26. The van der Waals surface area contributed by atoms with E-state index in [1.165, 1.54) is 6.08 Å². The maximum Gasteiger partial charge on any atom is 0.328 e. The first-order chi connectivity index (χ1) is 10.0. The highest BCUT2D eigenvalue weighted by atomic mass is 32.2. The Balaban J connectivity index is 1.93. The van der Waals surface area contributed by atoms with E-state index in [9.17, 15) is 13.8 Å². The van der Waals surface area contributed by atoms with Gasteiger partial charge in [-0.05, 0) is 36.6 Å². The molecule has 6 heteroatoms. The van der Waals surface area contributed by atoms with Crippen molar-refractivity contribution in [3.8, 4) is 0 Å². The van der Waals surface area contributed by atoms with Crippen LogP contribution in [0.5, 0.6) is 0 Å². The van der Waals surface area contributed by atoms with Gasteiger partial charge in [-0.15, -0.1) is 0 Å². The predicted molar refractivity (Wildman–Crippen MR) is 81.5 cm³/mol. The Hall–Kier alpha value is -1.95. The first kappa shape index (κ1) is 15.4. The largest absolute Gasteiger partial charge is 0.478 e. The normalized spacial score (nSPS) is 22.1. The van der Waals surface area contributed by atoms with Crippen molar-refractivity contribution in [2.75, 3.05) is 11.5 Å². The maximum absolute atomic E-state index is 12.1. The summed E-state index contributed by atoms with van der Waals surface area (Å²) in [5, 5.41) is 11.5. The molecule has 0 bridgehead atoms. The van der Waals surface area contributed by atoms with Gasteiger partial charge in [-0.25, -0.2) is 4.79 Å². The van der Waals surface area contributed by atoms with Gasteiger partial charge in [0.05, 0.1) is 0 Å². The molecular formula is C15H17NO4S. The lowest BCUT2D eigenvalue weighted by molar-refractivity contribution is -0.131. The number of carboxylic acid groups (broad SMARTS) is 1. The van der Waals surface area contributed by atoms with Crippen LogP contribution in [0.15, 0.2) is 30.3 Å². The molecule has 1 amide bonds. The van der Waals surface area contributed by atoms with E-state index in [4.69, 9.17) is 5.11 Å². The Bertz CT molecular complexity index is 570. The average Bonchev–Trinajstić information content (AvgIpc) is 2.48. The van der Waals surface area contributed by atoms with Gasteiger partial charge in [-0.3, -0.25) is 9.00 Å². The molecule has 1 aromatic carbocycles. The number of aliphatic carboxylic acids is 1. The van der Waals surface area contributed by atoms with Crippen LogP contribution in [0, 0.1) is 0 Å². The van der Waals surface area contributed by atoms with E-state index >= 15 is 0 Å². The second-order valence-electron chi connectivity index (χ2n) is 4.89. The first-order valence-corrected chi connectivity index (χ1v) is 8.20. The van der Waals surface area contributed by atoms with Crippen molar-refractivity contribution < 1.29 is 18.9 Å². The molecule has 1 aliphatic rings. The van der Waals surface area contributed by atoms with Crippen LogP contribution in [0.2, 0.25) is 0 Å². The number of amides is 1. The van der Waals surface area contributed by atoms with Gasteiger partial charge < -0.3 is 10.4 Å². The number of hydrogen-bond acceptors (Lipinski definition) is 3. The molecule has 5 nitrogen and oxygen atoms in total. The number of nitrogens with one attached hydrogen (secondary N) is 1. The molecule has 0 radical (unpaired) electrons. The Morgan fingerprint density at radius 2 is 1.81 bits per heavy atom. The molecule has 112 valence electrons. The van der Waals surface area contributed by atoms with E-state index in [-0.39, 0.29) is 11.9 Å². The fourth-order valence-corrected chi connectivity index (χ4v) is 3.42. The number of benzene rings is 1. The van der Waals surface area contributed by atoms with Crippen molar-refractivity contribution in [1.29, 1.82) is 0 Å². The second kappa shape index (κ2) is 7.17. The molecular weight excluding hydrogens is 290 g/mol. The number of carbonyl (C=O) groups excluding carboxylic acids is 1. The summed E-state index contributed by atoms with van der Waals surface area (Å²) in [6.07, 6.45) is 4.02. The van der Waals surface area contributed by atoms with E-state index < -0.39 is 16.8 Å². The summed E-state index contributed by atoms with van der Waals surface area (Å²) < 4.78 is 11.3. The zero-order valence-corrected chi connectivity index (χ0v) is 12.3. The van der Waals surface area contributed by atoms with Crippen molar-refractivity contribution >= 4 is 28.8 Å². The minimum absolute atomic E-state index is 0.0850. The van der Waals surface area contributed by atoms with Crippen molar-refractivity contribution in [2.24, 2.45) is 0 Å². The zero-order valence-electron chi connectivity index (χ0n) is 11.5. The van der Waals surface area contributed by atoms with Crippen molar-refractivity contribution in [3.05, 3.63) is 41.5 Å². The lowest BCUT2D eigenvalue weighted by atomic mass is 10.1. The fraction of sp³-hybridized carbons (Fsp3) is 0.333. The molecule has 0 aliphatic carbocycles. The quantitative estimate of drug-likeness (QED) is 0.824. The van der Waals surface area contributed by atoms with Crippen LogP contribution in [0.1, 0.15) is 28.8 Å². The third-order valence-electron chi connectivity index (χ3n) is 3.31. The highest BCUT2D eigenvalue weighted by Crippen LogP contribution is 2.11. The third kappa shape index (κ3) is 4.82. The minimum Gasteiger partial charge on any atom is -0.478 e. The van der Waals surface area contributed by atoms with E-state index in [0.717, 1.165) is 24.5 Å². The van der Waals surface area contributed by atoms with Gasteiger partial charge in [0.25, 0.3) is 5.91 Å². The van der Waals surface area contributed by atoms with Gasteiger partial charge in [0.2, 0.25) is 0 Å². The van der Waals surface area contributed by atoms with Gasteiger partial charge in [-0.2, -0.15) is 0 Å². The summed E-state index contributed by atoms with van der Waals surface area (Å²) in [6, 6.07) is 6.81. The topological polar surface area (TPSA) is 83.5 Å². The lowest BCUT2D eigenvalue weighted by Gasteiger charge is -2.22. The summed E-state index contributed by atoms with van der Waals surface area (Å²) in [7, 11) is -0.736. The highest BCUT2D eigenvalue weighted by molar-refractivity contribution is 7.85. The molecule has 0 saturated carbocycles. The highest BCUT2D eigenvalue weighted by Gasteiger charge is 2.19. The van der Waals surface area contributed by atoms with Gasteiger partial charge in [-0.1, -0.05) is 12.1 Å². The van der Waals surface area contributed by atoms with Crippen LogP contribution in [0.25, 0.3) is 6.08 Å². The first-order valence-electron chi connectivity index (χ1n) is 6.71. The molecule has 2 N–H and O–H groups in total. The molecule has 1 saturated heterocycles. The Morgan fingerprint density at radius 3 is 2.38 bits per heavy atom. The molecule has 1 aromatic rings. The standard InChI is InChI=1S/C15H17NO4S/c17-14(18)6-3-11-1-4-12(5-2-11)15(19)16-13-7-9-21(20)10-8-13/h1-6,13H,7-10H2,(H,16,19)(H,17,18)/b6-3+. The summed E-state index contributed by atoms with van der Waals surface area (Å²) in [4.78, 5) is 22.5. The molecule has 2 rings (SSSR count). The molecule has 0 unspecified atom stereocenters. The van der Waals surface area contributed by atoms with Crippen molar-refractivity contribution in [1.82, 2.24) is 5.32 Å². The Kier molecular flexibility index (Phi) is 5.27. The second-order valence-corrected chi connectivity index (χ2v) is 6.59. The Labute approximate surface area is 125 Å². The lowest BCUT2D eigenvalue weighted by Crippen LogP contribution is -2.39. The Morgan fingerprint density at radius 1 is 1.19 bits per heavy atom. The molecule has 1 aliphatic heterocycles. The van der Waals surface area contributed by atoms with Crippen molar-refractivity contribution in [3.63, 3.8) is 0 Å². The molecule has 1 fully saturated rings. The van der Waals surface area contributed by atoms with Crippen LogP contribution in [-0.2, 0) is 15.6 Å². The van der Waals surface area contributed by atoms with Gasteiger partial charge in [0.1, 0.15) is 0 Å². The average molecular weight is 307 g/mol. The maximum atomic E-state index is 12.1. The predicted octanol–water partition coefficient (Wildman–Crippen LogP) is 1.43. The smallest absolute Gasteiger partial charge is 0.328 e. The van der Waals surface area contributed by atoms with E-state index in [1.807, 2.05) is 0 Å². The van der Waals surface area contributed by atoms with E-state index in [0.29, 0.717) is 17.1 Å². The number of rotatable bonds is 4. The number of carbonyl (C=O) groups is 2. The minimum atomic E-state index is -1.01. The van der Waals surface area contributed by atoms with Crippen LogP contribution in [0.4, 0.5) is 0 Å². The molecule has 0 aromatic heterocycles. The zero-order chi connectivity index (χ0) is 15.2. The van der Waals surface area contributed by atoms with Gasteiger partial charge in [0, 0.05) is 40.0 Å². The van der Waals surface area contributed by atoms with Crippen LogP contribution in [0.3, 0.4) is 0 Å².